The number of carbonyl (C=O) groups is 1. The fraction of sp³-hybridized carbons (Fsp3) is 0.467. The lowest BCUT2D eigenvalue weighted by Gasteiger charge is -2.42. The first-order valence-electron chi connectivity index (χ1n) is 7.16. The van der Waals surface area contributed by atoms with Crippen LogP contribution in [-0.4, -0.2) is 72.6 Å². The summed E-state index contributed by atoms with van der Waals surface area (Å²) in [6, 6.07) is 7.63. The van der Waals surface area contributed by atoms with Crippen LogP contribution in [-0.2, 0) is 4.74 Å². The van der Waals surface area contributed by atoms with Gasteiger partial charge in [0.05, 0.1) is 25.5 Å². The van der Waals surface area contributed by atoms with Crippen LogP contribution in [0.15, 0.2) is 29.4 Å². The van der Waals surface area contributed by atoms with Gasteiger partial charge in [0.15, 0.2) is 0 Å². The van der Waals surface area contributed by atoms with Gasteiger partial charge in [0.1, 0.15) is 0 Å². The number of amides is 1. The molecule has 21 heavy (non-hydrogen) atoms. The first kappa shape index (κ1) is 14.0. The van der Waals surface area contributed by atoms with Crippen molar-refractivity contribution in [2.24, 2.45) is 5.16 Å². The van der Waals surface area contributed by atoms with E-state index in [1.165, 1.54) is 6.21 Å². The molecule has 2 aliphatic heterocycles. The third-order valence-corrected chi connectivity index (χ3v) is 4.10. The smallest absolute Gasteiger partial charge is 0.253 e. The number of rotatable bonds is 3. The topological polar surface area (TPSA) is 65.4 Å². The summed E-state index contributed by atoms with van der Waals surface area (Å²) in [6.45, 7) is 4.98. The number of oxime groups is 1. The van der Waals surface area contributed by atoms with Gasteiger partial charge in [-0.2, -0.15) is 0 Å². The first-order chi connectivity index (χ1) is 10.3. The van der Waals surface area contributed by atoms with Crippen LogP contribution in [0.3, 0.4) is 0 Å². The maximum absolute atomic E-state index is 12.4. The van der Waals surface area contributed by atoms with Gasteiger partial charge in [-0.15, -0.1) is 0 Å². The highest BCUT2D eigenvalue weighted by molar-refractivity contribution is 5.95. The molecule has 0 atom stereocenters. The molecule has 3 rings (SSSR count). The number of carbonyl (C=O) groups excluding carboxylic acids is 1. The number of benzene rings is 1. The molecule has 1 amide bonds. The Balaban J connectivity index is 1.58. The highest BCUT2D eigenvalue weighted by Gasteiger charge is 2.30. The average molecular weight is 289 g/mol. The zero-order chi connectivity index (χ0) is 14.7. The van der Waals surface area contributed by atoms with Gasteiger partial charge in [0.25, 0.3) is 5.91 Å². The third kappa shape index (κ3) is 3.06. The first-order valence-corrected chi connectivity index (χ1v) is 7.16. The monoisotopic (exact) mass is 289 g/mol. The van der Waals surface area contributed by atoms with E-state index in [4.69, 9.17) is 9.94 Å². The van der Waals surface area contributed by atoms with E-state index in [-0.39, 0.29) is 5.91 Å². The molecular weight excluding hydrogens is 270 g/mol. The summed E-state index contributed by atoms with van der Waals surface area (Å²) in [5.41, 5.74) is 1.44. The Morgan fingerprint density at radius 3 is 2.38 bits per heavy atom. The molecule has 2 fully saturated rings. The lowest BCUT2D eigenvalue weighted by atomic mass is 10.1. The second kappa shape index (κ2) is 6.24. The summed E-state index contributed by atoms with van der Waals surface area (Å²) in [6.07, 6.45) is 1.34. The van der Waals surface area contributed by atoms with Crippen molar-refractivity contribution < 1.29 is 14.7 Å². The van der Waals surface area contributed by atoms with Crippen LogP contribution in [0.5, 0.6) is 0 Å². The number of ether oxygens (including phenoxy) is 1. The highest BCUT2D eigenvalue weighted by atomic mass is 16.5. The molecule has 1 N–H and O–H groups in total. The van der Waals surface area contributed by atoms with E-state index >= 15 is 0 Å². The van der Waals surface area contributed by atoms with Crippen LogP contribution in [0.2, 0.25) is 0 Å². The molecule has 6 heteroatoms. The van der Waals surface area contributed by atoms with Crippen molar-refractivity contribution in [1.82, 2.24) is 9.80 Å². The minimum atomic E-state index is 0.0620. The maximum Gasteiger partial charge on any atom is 0.253 e. The molecule has 1 aromatic carbocycles. The maximum atomic E-state index is 12.4. The van der Waals surface area contributed by atoms with Crippen LogP contribution in [0.4, 0.5) is 0 Å². The predicted octanol–water partition coefficient (Wildman–Crippen LogP) is 0.651. The van der Waals surface area contributed by atoms with Crippen molar-refractivity contribution >= 4 is 12.1 Å². The van der Waals surface area contributed by atoms with E-state index in [0.29, 0.717) is 11.6 Å². The van der Waals surface area contributed by atoms with Gasteiger partial charge in [-0.3, -0.25) is 9.69 Å². The van der Waals surface area contributed by atoms with E-state index in [2.05, 4.69) is 10.1 Å². The quantitative estimate of drug-likeness (QED) is 0.504. The molecule has 0 radical (unpaired) electrons. The predicted molar refractivity (Wildman–Crippen MR) is 77.9 cm³/mol. The summed E-state index contributed by atoms with van der Waals surface area (Å²) in [4.78, 5) is 16.7. The fourth-order valence-corrected chi connectivity index (χ4v) is 2.69. The van der Waals surface area contributed by atoms with Crippen molar-refractivity contribution in [3.05, 3.63) is 35.4 Å². The Labute approximate surface area is 123 Å². The molecule has 0 unspecified atom stereocenters. The number of piperazine rings is 1. The lowest BCUT2D eigenvalue weighted by molar-refractivity contribution is -0.0746. The number of hydrogen-bond acceptors (Lipinski definition) is 5. The molecule has 2 aliphatic rings. The molecule has 6 nitrogen and oxygen atoms in total. The Morgan fingerprint density at radius 2 is 1.86 bits per heavy atom. The second-order valence-corrected chi connectivity index (χ2v) is 5.39. The highest BCUT2D eigenvalue weighted by Crippen LogP contribution is 2.15. The Kier molecular flexibility index (Phi) is 4.17. The molecule has 112 valence electrons. The zero-order valence-corrected chi connectivity index (χ0v) is 11.8. The minimum absolute atomic E-state index is 0.0620. The van der Waals surface area contributed by atoms with Crippen molar-refractivity contribution in [1.29, 1.82) is 0 Å². The van der Waals surface area contributed by atoms with Gasteiger partial charge in [-0.25, -0.2) is 0 Å². The Morgan fingerprint density at radius 1 is 1.19 bits per heavy atom. The van der Waals surface area contributed by atoms with Crippen molar-refractivity contribution in [2.75, 3.05) is 39.4 Å². The van der Waals surface area contributed by atoms with E-state index in [1.54, 1.807) is 24.3 Å². The van der Waals surface area contributed by atoms with Crippen LogP contribution >= 0.6 is 0 Å². The minimum Gasteiger partial charge on any atom is -0.411 e. The molecule has 0 aliphatic carbocycles. The summed E-state index contributed by atoms with van der Waals surface area (Å²) in [5, 5.41) is 11.5. The molecule has 0 spiro atoms. The lowest BCUT2D eigenvalue weighted by Crippen LogP contribution is -2.57. The fourth-order valence-electron chi connectivity index (χ4n) is 2.69. The van der Waals surface area contributed by atoms with Gasteiger partial charge >= 0.3 is 0 Å². The number of hydrogen-bond donors (Lipinski definition) is 1. The molecular formula is C15H19N3O3. The van der Waals surface area contributed by atoms with Crippen molar-refractivity contribution in [3.8, 4) is 0 Å². The molecule has 0 bridgehead atoms. The normalized spacial score (nSPS) is 20.7. The van der Waals surface area contributed by atoms with Gasteiger partial charge in [-0.05, 0) is 17.7 Å². The van der Waals surface area contributed by atoms with Gasteiger partial charge in [0.2, 0.25) is 0 Å². The van der Waals surface area contributed by atoms with Crippen LogP contribution in [0.25, 0.3) is 0 Å². The van der Waals surface area contributed by atoms with Crippen LogP contribution < -0.4 is 0 Å². The summed E-state index contributed by atoms with van der Waals surface area (Å²) >= 11 is 0. The number of nitrogens with zero attached hydrogens (tertiary/aromatic N) is 3. The standard InChI is InChI=1S/C15H19N3O3/c19-15(13-3-1-12(2-4-13)9-16-20)18-7-5-17(6-8-18)14-10-21-11-14/h1-4,9,14,20H,5-8,10-11H2. The molecule has 0 saturated carbocycles. The Hall–Kier alpha value is -1.92. The van der Waals surface area contributed by atoms with E-state index in [0.717, 1.165) is 45.0 Å². The SMILES string of the molecule is O=C(c1ccc(C=NO)cc1)N1CCN(C2COC2)CC1. The second-order valence-electron chi connectivity index (χ2n) is 5.39. The molecule has 1 aromatic rings. The third-order valence-electron chi connectivity index (χ3n) is 4.10. The van der Waals surface area contributed by atoms with E-state index in [1.807, 2.05) is 4.90 Å². The van der Waals surface area contributed by atoms with Gasteiger partial charge in [-0.1, -0.05) is 17.3 Å². The van der Waals surface area contributed by atoms with E-state index < -0.39 is 0 Å². The van der Waals surface area contributed by atoms with Gasteiger partial charge in [0, 0.05) is 31.7 Å². The molecule has 2 saturated heterocycles. The summed E-state index contributed by atoms with van der Waals surface area (Å²) in [5.74, 6) is 0.0620. The molecule has 0 aromatic heterocycles. The van der Waals surface area contributed by atoms with Crippen LogP contribution in [0, 0.1) is 0 Å². The van der Waals surface area contributed by atoms with Crippen molar-refractivity contribution in [3.63, 3.8) is 0 Å². The summed E-state index contributed by atoms with van der Waals surface area (Å²) in [7, 11) is 0. The largest absolute Gasteiger partial charge is 0.411 e. The van der Waals surface area contributed by atoms with Crippen LogP contribution in [0.1, 0.15) is 15.9 Å². The van der Waals surface area contributed by atoms with Crippen molar-refractivity contribution in [2.45, 2.75) is 6.04 Å². The molecule has 2 heterocycles. The average Bonchev–Trinajstić information content (AvgIpc) is 2.47. The Bertz CT molecular complexity index is 517. The van der Waals surface area contributed by atoms with E-state index in [9.17, 15) is 4.79 Å². The zero-order valence-electron chi connectivity index (χ0n) is 11.8. The summed E-state index contributed by atoms with van der Waals surface area (Å²) < 4.78 is 5.21. The van der Waals surface area contributed by atoms with Gasteiger partial charge < -0.3 is 14.8 Å².